The van der Waals surface area contributed by atoms with Gasteiger partial charge in [-0.15, -0.1) is 11.3 Å². The van der Waals surface area contributed by atoms with Crippen LogP contribution in [0.2, 0.25) is 0 Å². The fourth-order valence-electron chi connectivity index (χ4n) is 1.88. The Kier molecular flexibility index (Phi) is 3.90. The number of aryl methyl sites for hydroxylation is 1. The van der Waals surface area contributed by atoms with Crippen molar-refractivity contribution < 1.29 is 4.79 Å². The van der Waals surface area contributed by atoms with Gasteiger partial charge in [-0.25, -0.2) is 4.98 Å². The molecule has 106 valence electrons. The number of aromatic nitrogens is 2. The fraction of sp³-hybridized carbons (Fsp3) is 0.0667. The Labute approximate surface area is 134 Å². The van der Waals surface area contributed by atoms with Crippen LogP contribution >= 0.6 is 27.3 Å². The number of fused-ring (bicyclic) bond motifs is 1. The molecule has 0 aliphatic rings. The number of anilines is 1. The number of halogens is 1. The number of hydrogen-bond donors (Lipinski definition) is 1. The molecule has 4 nitrogen and oxygen atoms in total. The zero-order valence-electron chi connectivity index (χ0n) is 11.2. The SMILES string of the molecule is Cc1ccc(NC(=O)/C=C/c2cnc3sccn23)cc1Br. The molecule has 3 aromatic rings. The highest BCUT2D eigenvalue weighted by molar-refractivity contribution is 9.10. The van der Waals surface area contributed by atoms with Crippen LogP contribution in [-0.4, -0.2) is 15.3 Å². The summed E-state index contributed by atoms with van der Waals surface area (Å²) in [6, 6.07) is 5.72. The molecule has 3 rings (SSSR count). The van der Waals surface area contributed by atoms with Crippen molar-refractivity contribution in [2.75, 3.05) is 5.32 Å². The third kappa shape index (κ3) is 3.06. The van der Waals surface area contributed by atoms with E-state index in [9.17, 15) is 4.79 Å². The second-order valence-corrected chi connectivity index (χ2v) is 6.25. The van der Waals surface area contributed by atoms with Crippen LogP contribution in [0.3, 0.4) is 0 Å². The highest BCUT2D eigenvalue weighted by atomic mass is 79.9. The van der Waals surface area contributed by atoms with E-state index in [0.29, 0.717) is 0 Å². The summed E-state index contributed by atoms with van der Waals surface area (Å²) in [5, 5.41) is 4.79. The lowest BCUT2D eigenvalue weighted by Crippen LogP contribution is -2.07. The molecule has 0 saturated heterocycles. The van der Waals surface area contributed by atoms with Crippen molar-refractivity contribution in [2.24, 2.45) is 0 Å². The standard InChI is InChI=1S/C15H12BrN3OS/c1-10-2-3-11(8-13(10)16)18-14(20)5-4-12-9-17-15-19(12)6-7-21-15/h2-9H,1H3,(H,18,20)/b5-4+. The molecule has 2 aromatic heterocycles. The predicted octanol–water partition coefficient (Wildman–Crippen LogP) is 4.12. The molecule has 1 N–H and O–H groups in total. The minimum absolute atomic E-state index is 0.170. The Morgan fingerprint density at radius 1 is 1.48 bits per heavy atom. The summed E-state index contributed by atoms with van der Waals surface area (Å²) in [5.41, 5.74) is 2.77. The van der Waals surface area contributed by atoms with Crippen molar-refractivity contribution >= 4 is 49.9 Å². The lowest BCUT2D eigenvalue weighted by atomic mass is 10.2. The molecular weight excluding hydrogens is 350 g/mol. The summed E-state index contributed by atoms with van der Waals surface area (Å²) in [5.74, 6) is -0.170. The van der Waals surface area contributed by atoms with Gasteiger partial charge in [0.15, 0.2) is 4.96 Å². The molecule has 6 heteroatoms. The predicted molar refractivity (Wildman–Crippen MR) is 89.6 cm³/mol. The number of imidazole rings is 1. The van der Waals surface area contributed by atoms with Crippen molar-refractivity contribution in [1.82, 2.24) is 9.38 Å². The van der Waals surface area contributed by atoms with Gasteiger partial charge in [0.2, 0.25) is 5.91 Å². The van der Waals surface area contributed by atoms with Gasteiger partial charge in [0, 0.05) is 27.8 Å². The maximum Gasteiger partial charge on any atom is 0.248 e. The number of rotatable bonds is 3. The van der Waals surface area contributed by atoms with Crippen LogP contribution in [0.1, 0.15) is 11.3 Å². The lowest BCUT2D eigenvalue weighted by molar-refractivity contribution is -0.111. The number of thiazole rings is 1. The van der Waals surface area contributed by atoms with Gasteiger partial charge in [-0.1, -0.05) is 22.0 Å². The Morgan fingerprint density at radius 3 is 3.14 bits per heavy atom. The Hall–Kier alpha value is -1.92. The molecule has 21 heavy (non-hydrogen) atoms. The summed E-state index contributed by atoms with van der Waals surface area (Å²) < 4.78 is 2.91. The Morgan fingerprint density at radius 2 is 2.33 bits per heavy atom. The summed E-state index contributed by atoms with van der Waals surface area (Å²) in [4.78, 5) is 17.1. The molecule has 0 aliphatic heterocycles. The summed E-state index contributed by atoms with van der Waals surface area (Å²) in [7, 11) is 0. The third-order valence-electron chi connectivity index (χ3n) is 3.02. The van der Waals surface area contributed by atoms with Gasteiger partial charge in [0.1, 0.15) is 0 Å². The first kappa shape index (κ1) is 14.0. The number of benzene rings is 1. The first-order chi connectivity index (χ1) is 10.1. The molecule has 0 aliphatic carbocycles. The molecule has 2 heterocycles. The monoisotopic (exact) mass is 361 g/mol. The molecular formula is C15H12BrN3OS. The van der Waals surface area contributed by atoms with E-state index < -0.39 is 0 Å². The lowest BCUT2D eigenvalue weighted by Gasteiger charge is -2.04. The van der Waals surface area contributed by atoms with Gasteiger partial charge in [0.05, 0.1) is 11.9 Å². The van der Waals surface area contributed by atoms with Crippen molar-refractivity contribution in [3.8, 4) is 0 Å². The third-order valence-corrected chi connectivity index (χ3v) is 4.64. The highest BCUT2D eigenvalue weighted by Crippen LogP contribution is 2.20. The van der Waals surface area contributed by atoms with Gasteiger partial charge in [-0.05, 0) is 30.7 Å². The van der Waals surface area contributed by atoms with E-state index in [0.717, 1.165) is 26.4 Å². The summed E-state index contributed by atoms with van der Waals surface area (Å²) >= 11 is 5.01. The zero-order valence-corrected chi connectivity index (χ0v) is 13.6. The molecule has 0 saturated carbocycles. The van der Waals surface area contributed by atoms with Crippen LogP contribution in [0.15, 0.2) is 46.5 Å². The van der Waals surface area contributed by atoms with E-state index in [1.807, 2.05) is 41.1 Å². The average Bonchev–Trinajstić information content (AvgIpc) is 3.04. The second kappa shape index (κ2) is 5.83. The van der Waals surface area contributed by atoms with E-state index >= 15 is 0 Å². The van der Waals surface area contributed by atoms with E-state index in [-0.39, 0.29) is 5.91 Å². The summed E-state index contributed by atoms with van der Waals surface area (Å²) in [6.45, 7) is 2.00. The Bertz CT molecular complexity index is 834. The molecule has 0 radical (unpaired) electrons. The average molecular weight is 362 g/mol. The fourth-order valence-corrected chi connectivity index (χ4v) is 2.96. The smallest absolute Gasteiger partial charge is 0.248 e. The number of hydrogen-bond acceptors (Lipinski definition) is 3. The van der Waals surface area contributed by atoms with E-state index in [2.05, 4.69) is 26.2 Å². The molecule has 0 atom stereocenters. The quantitative estimate of drug-likeness (QED) is 0.713. The first-order valence-electron chi connectivity index (χ1n) is 6.29. The number of nitrogens with one attached hydrogen (secondary N) is 1. The number of amides is 1. The van der Waals surface area contributed by atoms with Crippen molar-refractivity contribution in [2.45, 2.75) is 6.92 Å². The number of carbonyl (C=O) groups is 1. The van der Waals surface area contributed by atoms with Crippen LogP contribution in [0.4, 0.5) is 5.69 Å². The molecule has 0 bridgehead atoms. The van der Waals surface area contributed by atoms with Gasteiger partial charge in [-0.3, -0.25) is 9.20 Å². The molecule has 0 spiro atoms. The van der Waals surface area contributed by atoms with Gasteiger partial charge < -0.3 is 5.32 Å². The largest absolute Gasteiger partial charge is 0.322 e. The van der Waals surface area contributed by atoms with E-state index in [1.54, 1.807) is 23.6 Å². The zero-order chi connectivity index (χ0) is 14.8. The molecule has 1 amide bonds. The van der Waals surface area contributed by atoms with Crippen molar-refractivity contribution in [1.29, 1.82) is 0 Å². The number of nitrogens with zero attached hydrogens (tertiary/aromatic N) is 2. The molecule has 1 aromatic carbocycles. The van der Waals surface area contributed by atoms with Gasteiger partial charge in [0.25, 0.3) is 0 Å². The molecule has 0 fully saturated rings. The first-order valence-corrected chi connectivity index (χ1v) is 7.96. The maximum atomic E-state index is 11.9. The van der Waals surface area contributed by atoms with Crippen LogP contribution < -0.4 is 5.32 Å². The Balaban J connectivity index is 1.72. The maximum absolute atomic E-state index is 11.9. The van der Waals surface area contributed by atoms with Crippen LogP contribution in [0, 0.1) is 6.92 Å². The van der Waals surface area contributed by atoms with Crippen molar-refractivity contribution in [3.63, 3.8) is 0 Å². The van der Waals surface area contributed by atoms with Crippen molar-refractivity contribution in [3.05, 3.63) is 57.8 Å². The normalized spacial score (nSPS) is 11.3. The summed E-state index contributed by atoms with van der Waals surface area (Å²) in [6.07, 6.45) is 6.94. The topological polar surface area (TPSA) is 46.4 Å². The van der Waals surface area contributed by atoms with Gasteiger partial charge >= 0.3 is 0 Å². The highest BCUT2D eigenvalue weighted by Gasteiger charge is 2.03. The van der Waals surface area contributed by atoms with Crippen LogP contribution in [0.25, 0.3) is 11.0 Å². The van der Waals surface area contributed by atoms with Crippen LogP contribution in [-0.2, 0) is 4.79 Å². The van der Waals surface area contributed by atoms with Gasteiger partial charge in [-0.2, -0.15) is 0 Å². The second-order valence-electron chi connectivity index (χ2n) is 4.53. The number of carbonyl (C=O) groups excluding carboxylic acids is 1. The van der Waals surface area contributed by atoms with E-state index in [1.165, 1.54) is 6.08 Å². The van der Waals surface area contributed by atoms with Crippen LogP contribution in [0.5, 0.6) is 0 Å². The minimum atomic E-state index is -0.170. The van der Waals surface area contributed by atoms with E-state index in [4.69, 9.17) is 0 Å². The minimum Gasteiger partial charge on any atom is -0.322 e. The molecule has 0 unspecified atom stereocenters.